The van der Waals surface area contributed by atoms with Crippen LogP contribution in [0.15, 0.2) is 48.5 Å². The van der Waals surface area contributed by atoms with Crippen LogP contribution in [0, 0.1) is 3.57 Å². The van der Waals surface area contributed by atoms with Gasteiger partial charge in [-0.25, -0.2) is 0 Å². The molecule has 0 saturated carbocycles. The van der Waals surface area contributed by atoms with Gasteiger partial charge in [-0.2, -0.15) is 0 Å². The zero-order chi connectivity index (χ0) is 13.0. The third-order valence-electron chi connectivity index (χ3n) is 2.54. The standard InChI is InChI=1S/C14H13ClINO/c15-13-7-2-1-6-12(13)14(9-17)18-11-5-3-4-10(16)8-11/h1-8,14H,9,17H2. The maximum atomic E-state index is 6.16. The largest absolute Gasteiger partial charge is 0.484 e. The molecule has 18 heavy (non-hydrogen) atoms. The van der Waals surface area contributed by atoms with Crippen LogP contribution < -0.4 is 10.5 Å². The number of hydrogen-bond acceptors (Lipinski definition) is 2. The topological polar surface area (TPSA) is 35.2 Å². The van der Waals surface area contributed by atoms with Gasteiger partial charge in [-0.05, 0) is 46.9 Å². The van der Waals surface area contributed by atoms with Gasteiger partial charge in [0.1, 0.15) is 11.9 Å². The van der Waals surface area contributed by atoms with Gasteiger partial charge in [0.05, 0.1) is 0 Å². The molecule has 0 fully saturated rings. The molecule has 0 amide bonds. The quantitative estimate of drug-likeness (QED) is 0.822. The zero-order valence-corrected chi connectivity index (χ0v) is 12.6. The van der Waals surface area contributed by atoms with Gasteiger partial charge in [0.2, 0.25) is 0 Å². The van der Waals surface area contributed by atoms with E-state index in [1.165, 1.54) is 0 Å². The summed E-state index contributed by atoms with van der Waals surface area (Å²) in [6.07, 6.45) is -0.225. The Kier molecular flexibility index (Phi) is 4.86. The van der Waals surface area contributed by atoms with Crippen molar-refractivity contribution in [2.75, 3.05) is 6.54 Å². The first-order valence-corrected chi connectivity index (χ1v) is 7.03. The van der Waals surface area contributed by atoms with E-state index < -0.39 is 0 Å². The molecule has 0 bridgehead atoms. The van der Waals surface area contributed by atoms with E-state index in [9.17, 15) is 0 Å². The van der Waals surface area contributed by atoms with Gasteiger partial charge in [-0.1, -0.05) is 35.9 Å². The summed E-state index contributed by atoms with van der Waals surface area (Å²) < 4.78 is 7.02. The lowest BCUT2D eigenvalue weighted by molar-refractivity contribution is 0.214. The number of ether oxygens (including phenoxy) is 1. The number of rotatable bonds is 4. The van der Waals surface area contributed by atoms with Crippen molar-refractivity contribution < 1.29 is 4.74 Å². The lowest BCUT2D eigenvalue weighted by atomic mass is 10.1. The molecule has 1 atom stereocenters. The number of nitrogens with two attached hydrogens (primary N) is 1. The number of hydrogen-bond donors (Lipinski definition) is 1. The summed E-state index contributed by atoms with van der Waals surface area (Å²) in [5.74, 6) is 0.803. The highest BCUT2D eigenvalue weighted by Crippen LogP contribution is 2.27. The molecule has 4 heteroatoms. The van der Waals surface area contributed by atoms with E-state index in [0.29, 0.717) is 11.6 Å². The molecule has 1 unspecified atom stereocenters. The Morgan fingerprint density at radius 3 is 2.61 bits per heavy atom. The van der Waals surface area contributed by atoms with Crippen molar-refractivity contribution >= 4 is 34.2 Å². The SMILES string of the molecule is NCC(Oc1cccc(I)c1)c1ccccc1Cl. The van der Waals surface area contributed by atoms with Crippen molar-refractivity contribution in [2.24, 2.45) is 5.73 Å². The summed E-state index contributed by atoms with van der Waals surface area (Å²) in [5, 5.41) is 0.679. The van der Waals surface area contributed by atoms with Gasteiger partial charge in [0.25, 0.3) is 0 Å². The fourth-order valence-electron chi connectivity index (χ4n) is 1.68. The van der Waals surface area contributed by atoms with Crippen LogP contribution in [-0.4, -0.2) is 6.54 Å². The van der Waals surface area contributed by atoms with E-state index in [2.05, 4.69) is 22.6 Å². The highest BCUT2D eigenvalue weighted by Gasteiger charge is 2.14. The monoisotopic (exact) mass is 373 g/mol. The average Bonchev–Trinajstić information content (AvgIpc) is 2.37. The summed E-state index contributed by atoms with van der Waals surface area (Å²) in [4.78, 5) is 0. The fourth-order valence-corrected chi connectivity index (χ4v) is 2.45. The summed E-state index contributed by atoms with van der Waals surface area (Å²) in [6.45, 7) is 0.384. The van der Waals surface area contributed by atoms with E-state index in [0.717, 1.165) is 14.9 Å². The smallest absolute Gasteiger partial charge is 0.137 e. The minimum Gasteiger partial charge on any atom is -0.484 e. The van der Waals surface area contributed by atoms with Crippen LogP contribution in [0.1, 0.15) is 11.7 Å². The molecule has 2 aromatic rings. The predicted molar refractivity (Wildman–Crippen MR) is 83.0 cm³/mol. The van der Waals surface area contributed by atoms with Crippen LogP contribution in [0.3, 0.4) is 0 Å². The Hall–Kier alpha value is -0.780. The Bertz CT molecular complexity index is 533. The van der Waals surface area contributed by atoms with Gasteiger partial charge < -0.3 is 10.5 Å². The van der Waals surface area contributed by atoms with Gasteiger partial charge >= 0.3 is 0 Å². The molecule has 2 N–H and O–H groups in total. The van der Waals surface area contributed by atoms with Crippen molar-refractivity contribution in [1.29, 1.82) is 0 Å². The summed E-state index contributed by atoms with van der Waals surface area (Å²) in [6, 6.07) is 15.5. The van der Waals surface area contributed by atoms with Gasteiger partial charge in [-0.3, -0.25) is 0 Å². The lowest BCUT2D eigenvalue weighted by Gasteiger charge is -2.19. The van der Waals surface area contributed by atoms with Crippen LogP contribution in [0.25, 0.3) is 0 Å². The first-order chi connectivity index (χ1) is 8.70. The van der Waals surface area contributed by atoms with E-state index in [-0.39, 0.29) is 6.10 Å². The van der Waals surface area contributed by atoms with E-state index in [4.69, 9.17) is 22.1 Å². The molecular formula is C14H13ClINO. The molecule has 0 aliphatic heterocycles. The number of benzene rings is 2. The third-order valence-corrected chi connectivity index (χ3v) is 3.56. The highest BCUT2D eigenvalue weighted by molar-refractivity contribution is 14.1. The molecule has 94 valence electrons. The van der Waals surface area contributed by atoms with Crippen molar-refractivity contribution in [3.63, 3.8) is 0 Å². The van der Waals surface area contributed by atoms with Crippen LogP contribution in [0.4, 0.5) is 0 Å². The van der Waals surface area contributed by atoms with E-state index in [1.54, 1.807) is 0 Å². The minimum atomic E-state index is -0.225. The highest BCUT2D eigenvalue weighted by atomic mass is 127. The summed E-state index contributed by atoms with van der Waals surface area (Å²) >= 11 is 8.41. The van der Waals surface area contributed by atoms with Crippen molar-refractivity contribution in [2.45, 2.75) is 6.10 Å². The molecule has 2 aromatic carbocycles. The first kappa shape index (κ1) is 13.6. The van der Waals surface area contributed by atoms with Gasteiger partial charge in [-0.15, -0.1) is 0 Å². The lowest BCUT2D eigenvalue weighted by Crippen LogP contribution is -2.18. The molecule has 0 aliphatic rings. The Morgan fingerprint density at radius 1 is 1.17 bits per heavy atom. The second-order valence-electron chi connectivity index (χ2n) is 3.82. The van der Waals surface area contributed by atoms with E-state index >= 15 is 0 Å². The molecule has 0 spiro atoms. The van der Waals surface area contributed by atoms with Crippen LogP contribution >= 0.6 is 34.2 Å². The maximum Gasteiger partial charge on any atom is 0.137 e. The van der Waals surface area contributed by atoms with Crippen molar-refractivity contribution in [1.82, 2.24) is 0 Å². The van der Waals surface area contributed by atoms with E-state index in [1.807, 2.05) is 48.5 Å². The molecule has 2 nitrogen and oxygen atoms in total. The maximum absolute atomic E-state index is 6.16. The average molecular weight is 374 g/mol. The number of halogens is 2. The Morgan fingerprint density at radius 2 is 1.94 bits per heavy atom. The van der Waals surface area contributed by atoms with Crippen molar-refractivity contribution in [3.05, 3.63) is 62.7 Å². The van der Waals surface area contributed by atoms with Crippen LogP contribution in [-0.2, 0) is 0 Å². The Labute approximate surface area is 125 Å². The first-order valence-electron chi connectivity index (χ1n) is 5.57. The molecule has 2 rings (SSSR count). The second kappa shape index (κ2) is 6.41. The van der Waals surface area contributed by atoms with Crippen molar-refractivity contribution in [3.8, 4) is 5.75 Å². The summed E-state index contributed by atoms with van der Waals surface area (Å²) in [7, 11) is 0. The minimum absolute atomic E-state index is 0.225. The van der Waals surface area contributed by atoms with Crippen LogP contribution in [0.5, 0.6) is 5.75 Å². The molecule has 0 radical (unpaired) electrons. The molecule has 0 aromatic heterocycles. The van der Waals surface area contributed by atoms with Crippen LogP contribution in [0.2, 0.25) is 5.02 Å². The second-order valence-corrected chi connectivity index (χ2v) is 5.47. The third kappa shape index (κ3) is 3.37. The normalized spacial score (nSPS) is 12.2. The molecule has 0 saturated heterocycles. The molecule has 0 aliphatic carbocycles. The summed E-state index contributed by atoms with van der Waals surface area (Å²) in [5.41, 5.74) is 6.69. The Balaban J connectivity index is 2.23. The van der Waals surface area contributed by atoms with Gasteiger partial charge in [0.15, 0.2) is 0 Å². The zero-order valence-electron chi connectivity index (χ0n) is 9.64. The molecular weight excluding hydrogens is 361 g/mol. The predicted octanol–water partition coefficient (Wildman–Crippen LogP) is 4.02. The molecule has 0 heterocycles. The van der Waals surface area contributed by atoms with Gasteiger partial charge in [0, 0.05) is 20.7 Å². The fraction of sp³-hybridized carbons (Fsp3) is 0.143.